The Morgan fingerprint density at radius 1 is 1.50 bits per heavy atom. The van der Waals surface area contributed by atoms with Gasteiger partial charge in [0.2, 0.25) is 5.91 Å². The second-order valence-electron chi connectivity index (χ2n) is 3.98. The maximum Gasteiger partial charge on any atom is 0.332 e. The van der Waals surface area contributed by atoms with E-state index in [1.165, 1.54) is 13.2 Å². The summed E-state index contributed by atoms with van der Waals surface area (Å²) in [6.45, 7) is 2.61. The van der Waals surface area contributed by atoms with Gasteiger partial charge in [-0.15, -0.1) is 0 Å². The zero-order valence-corrected chi connectivity index (χ0v) is 9.95. The Morgan fingerprint density at radius 3 is 2.69 bits per heavy atom. The molecule has 1 saturated heterocycles. The van der Waals surface area contributed by atoms with E-state index in [1.54, 1.807) is 6.92 Å². The van der Waals surface area contributed by atoms with Crippen molar-refractivity contribution < 1.29 is 14.3 Å². The minimum absolute atomic E-state index is 0.0577. The van der Waals surface area contributed by atoms with E-state index in [4.69, 9.17) is 0 Å². The molecule has 0 unspecified atom stereocenters. The molecular weight excluding hydrogens is 208 g/mol. The SMILES string of the molecule is COC(=O)/C=C(\C)NC(=O)[C@@H]1CCCN1C. The molecule has 1 fully saturated rings. The quantitative estimate of drug-likeness (QED) is 0.554. The number of esters is 1. The minimum atomic E-state index is -0.461. The van der Waals surface area contributed by atoms with Gasteiger partial charge in [-0.05, 0) is 33.4 Å². The molecule has 1 aliphatic heterocycles. The van der Waals surface area contributed by atoms with Crippen molar-refractivity contribution in [1.29, 1.82) is 0 Å². The van der Waals surface area contributed by atoms with Crippen LogP contribution in [0.4, 0.5) is 0 Å². The van der Waals surface area contributed by atoms with Crippen LogP contribution in [0.1, 0.15) is 19.8 Å². The molecule has 5 nitrogen and oxygen atoms in total. The van der Waals surface area contributed by atoms with Crippen molar-refractivity contribution in [2.24, 2.45) is 0 Å². The molecule has 1 heterocycles. The number of likely N-dealkylation sites (tertiary alicyclic amines) is 1. The van der Waals surface area contributed by atoms with Crippen molar-refractivity contribution in [3.05, 3.63) is 11.8 Å². The lowest BCUT2D eigenvalue weighted by atomic mass is 10.2. The Labute approximate surface area is 95.4 Å². The van der Waals surface area contributed by atoms with Crippen molar-refractivity contribution in [2.45, 2.75) is 25.8 Å². The van der Waals surface area contributed by atoms with Gasteiger partial charge in [0, 0.05) is 11.8 Å². The van der Waals surface area contributed by atoms with Crippen LogP contribution in [-0.4, -0.2) is 43.5 Å². The van der Waals surface area contributed by atoms with Crippen molar-refractivity contribution in [3.8, 4) is 0 Å². The van der Waals surface area contributed by atoms with Crippen LogP contribution in [0.3, 0.4) is 0 Å². The molecule has 0 bridgehead atoms. The summed E-state index contributed by atoms with van der Waals surface area (Å²) in [6, 6.07) is -0.0824. The highest BCUT2D eigenvalue weighted by Crippen LogP contribution is 2.14. The summed E-state index contributed by atoms with van der Waals surface area (Å²) in [4.78, 5) is 24.7. The number of hydrogen-bond donors (Lipinski definition) is 1. The summed E-state index contributed by atoms with van der Waals surface area (Å²) in [7, 11) is 3.23. The molecule has 0 saturated carbocycles. The zero-order valence-electron chi connectivity index (χ0n) is 9.95. The van der Waals surface area contributed by atoms with Crippen molar-refractivity contribution >= 4 is 11.9 Å². The molecule has 1 aliphatic rings. The van der Waals surface area contributed by atoms with Gasteiger partial charge in [-0.1, -0.05) is 0 Å². The van der Waals surface area contributed by atoms with Gasteiger partial charge in [0.15, 0.2) is 0 Å². The van der Waals surface area contributed by atoms with E-state index in [-0.39, 0.29) is 11.9 Å². The van der Waals surface area contributed by atoms with Crippen LogP contribution in [-0.2, 0) is 14.3 Å². The first-order valence-electron chi connectivity index (χ1n) is 5.32. The van der Waals surface area contributed by atoms with Crippen LogP contribution >= 0.6 is 0 Å². The molecule has 0 aromatic heterocycles. The Hall–Kier alpha value is -1.36. The van der Waals surface area contributed by atoms with E-state index in [0.29, 0.717) is 5.70 Å². The molecule has 1 N–H and O–H groups in total. The fraction of sp³-hybridized carbons (Fsp3) is 0.636. The Morgan fingerprint density at radius 2 is 2.19 bits per heavy atom. The second-order valence-corrected chi connectivity index (χ2v) is 3.98. The molecule has 1 rings (SSSR count). The number of carbonyl (C=O) groups excluding carboxylic acids is 2. The summed E-state index contributed by atoms with van der Waals surface area (Å²) in [6.07, 6.45) is 3.18. The van der Waals surface area contributed by atoms with Crippen molar-refractivity contribution in [3.63, 3.8) is 0 Å². The Kier molecular flexibility index (Phi) is 4.49. The number of likely N-dealkylation sites (N-methyl/N-ethyl adjacent to an activating group) is 1. The minimum Gasteiger partial charge on any atom is -0.466 e. The summed E-state index contributed by atoms with van der Waals surface area (Å²) in [5, 5.41) is 2.70. The normalized spacial score (nSPS) is 21.9. The van der Waals surface area contributed by atoms with Gasteiger partial charge in [-0.3, -0.25) is 9.69 Å². The van der Waals surface area contributed by atoms with E-state index in [2.05, 4.69) is 10.1 Å². The number of ether oxygens (including phenoxy) is 1. The van der Waals surface area contributed by atoms with Crippen LogP contribution in [0.5, 0.6) is 0 Å². The van der Waals surface area contributed by atoms with Crippen LogP contribution in [0, 0.1) is 0 Å². The molecule has 0 spiro atoms. The molecule has 1 amide bonds. The molecule has 90 valence electrons. The molecule has 0 radical (unpaired) electrons. The second kappa shape index (κ2) is 5.65. The van der Waals surface area contributed by atoms with Crippen LogP contribution in [0.15, 0.2) is 11.8 Å². The third-order valence-corrected chi connectivity index (χ3v) is 2.68. The molecule has 1 atom stereocenters. The van der Waals surface area contributed by atoms with E-state index < -0.39 is 5.97 Å². The van der Waals surface area contributed by atoms with Crippen molar-refractivity contribution in [1.82, 2.24) is 10.2 Å². The maximum atomic E-state index is 11.8. The molecular formula is C11H18N2O3. The van der Waals surface area contributed by atoms with Gasteiger partial charge in [0.1, 0.15) is 0 Å². The van der Waals surface area contributed by atoms with Crippen LogP contribution in [0.25, 0.3) is 0 Å². The number of nitrogens with one attached hydrogen (secondary N) is 1. The van der Waals surface area contributed by atoms with Gasteiger partial charge >= 0.3 is 5.97 Å². The first-order chi connectivity index (χ1) is 7.54. The lowest BCUT2D eigenvalue weighted by molar-refractivity contribution is -0.134. The first kappa shape index (κ1) is 12.7. The molecule has 16 heavy (non-hydrogen) atoms. The number of hydrogen-bond acceptors (Lipinski definition) is 4. The fourth-order valence-corrected chi connectivity index (χ4v) is 1.79. The van der Waals surface area contributed by atoms with Crippen LogP contribution in [0.2, 0.25) is 0 Å². The van der Waals surface area contributed by atoms with E-state index in [1.807, 2.05) is 11.9 Å². The molecule has 5 heteroatoms. The van der Waals surface area contributed by atoms with E-state index in [0.717, 1.165) is 19.4 Å². The lowest BCUT2D eigenvalue weighted by Gasteiger charge is -2.18. The Bertz CT molecular complexity index is 312. The number of rotatable bonds is 3. The Balaban J connectivity index is 2.51. The number of carbonyl (C=O) groups is 2. The highest BCUT2D eigenvalue weighted by Gasteiger charge is 2.27. The fourth-order valence-electron chi connectivity index (χ4n) is 1.79. The summed E-state index contributed by atoms with van der Waals surface area (Å²) >= 11 is 0. The number of nitrogens with zero attached hydrogens (tertiary/aromatic N) is 1. The summed E-state index contributed by atoms with van der Waals surface area (Å²) in [5.41, 5.74) is 0.511. The zero-order chi connectivity index (χ0) is 12.1. The average molecular weight is 226 g/mol. The van der Waals surface area contributed by atoms with Crippen LogP contribution < -0.4 is 5.32 Å². The van der Waals surface area contributed by atoms with Gasteiger partial charge in [-0.2, -0.15) is 0 Å². The summed E-state index contributed by atoms with van der Waals surface area (Å²) in [5.74, 6) is -0.518. The first-order valence-corrected chi connectivity index (χ1v) is 5.32. The standard InChI is InChI=1S/C11H18N2O3/c1-8(7-10(14)16-3)12-11(15)9-5-4-6-13(9)2/h7,9H,4-6H2,1-3H3,(H,12,15)/b8-7+/t9-/m0/s1. The van der Waals surface area contributed by atoms with Crippen molar-refractivity contribution in [2.75, 3.05) is 20.7 Å². The summed E-state index contributed by atoms with van der Waals surface area (Å²) < 4.78 is 4.47. The largest absolute Gasteiger partial charge is 0.466 e. The third-order valence-electron chi connectivity index (χ3n) is 2.68. The monoisotopic (exact) mass is 226 g/mol. The number of allylic oxidation sites excluding steroid dienone is 1. The van der Waals surface area contributed by atoms with Gasteiger partial charge in [0.25, 0.3) is 0 Å². The molecule has 0 aliphatic carbocycles. The highest BCUT2D eigenvalue weighted by molar-refractivity contribution is 5.87. The number of methoxy groups -OCH3 is 1. The maximum absolute atomic E-state index is 11.8. The predicted octanol–water partition coefficient (Wildman–Crippen LogP) is 0.274. The average Bonchev–Trinajstić information content (AvgIpc) is 2.63. The number of amides is 1. The van der Waals surface area contributed by atoms with Gasteiger partial charge < -0.3 is 10.1 Å². The smallest absolute Gasteiger partial charge is 0.332 e. The molecule has 0 aromatic carbocycles. The topological polar surface area (TPSA) is 58.6 Å². The van der Waals surface area contributed by atoms with Gasteiger partial charge in [-0.25, -0.2) is 4.79 Å². The highest BCUT2D eigenvalue weighted by atomic mass is 16.5. The van der Waals surface area contributed by atoms with E-state index >= 15 is 0 Å². The van der Waals surface area contributed by atoms with Gasteiger partial charge in [0.05, 0.1) is 13.2 Å². The third kappa shape index (κ3) is 3.34. The lowest BCUT2D eigenvalue weighted by Crippen LogP contribution is -2.40. The molecule has 0 aromatic rings. The predicted molar refractivity (Wildman–Crippen MR) is 59.6 cm³/mol. The van der Waals surface area contributed by atoms with E-state index in [9.17, 15) is 9.59 Å².